The molecule has 0 radical (unpaired) electrons. The highest BCUT2D eigenvalue weighted by atomic mass is 16.2. The number of nitrogens with zero attached hydrogens (tertiary/aromatic N) is 3. The van der Waals surface area contributed by atoms with E-state index in [2.05, 4.69) is 57.9 Å². The van der Waals surface area contributed by atoms with Crippen LogP contribution in [0.3, 0.4) is 0 Å². The first-order valence-electron chi connectivity index (χ1n) is 9.14. The van der Waals surface area contributed by atoms with Crippen molar-refractivity contribution in [1.82, 2.24) is 9.78 Å². The number of carbonyl (C=O) groups excluding carboxylic acids is 1. The number of aromatic nitrogens is 2. The zero-order chi connectivity index (χ0) is 18.7. The highest BCUT2D eigenvalue weighted by Gasteiger charge is 2.20. The van der Waals surface area contributed by atoms with Gasteiger partial charge in [0.15, 0.2) is 0 Å². The number of benzene rings is 1. The maximum Gasteiger partial charge on any atom is 0.231 e. The molecule has 0 spiro atoms. The van der Waals surface area contributed by atoms with Gasteiger partial charge in [-0.1, -0.05) is 19.9 Å². The SMILES string of the molecule is CCN(C(=O)Cc1c(C)nn(CC(C)C)c1C)c1cc(C)cc(C)c1. The number of aryl methyl sites for hydroxylation is 3. The predicted molar refractivity (Wildman–Crippen MR) is 104 cm³/mol. The van der Waals surface area contributed by atoms with Crippen molar-refractivity contribution in [2.45, 2.75) is 61.4 Å². The van der Waals surface area contributed by atoms with E-state index in [-0.39, 0.29) is 5.91 Å². The Bertz CT molecular complexity index is 738. The summed E-state index contributed by atoms with van der Waals surface area (Å²) in [5.41, 5.74) is 6.47. The molecule has 0 unspecified atom stereocenters. The van der Waals surface area contributed by atoms with Crippen molar-refractivity contribution in [3.05, 3.63) is 46.3 Å². The van der Waals surface area contributed by atoms with Gasteiger partial charge in [0.05, 0.1) is 12.1 Å². The minimum atomic E-state index is 0.128. The maximum absolute atomic E-state index is 13.0. The summed E-state index contributed by atoms with van der Waals surface area (Å²) < 4.78 is 2.04. The fraction of sp³-hybridized carbons (Fsp3) is 0.524. The van der Waals surface area contributed by atoms with Crippen LogP contribution in [0.4, 0.5) is 5.69 Å². The summed E-state index contributed by atoms with van der Waals surface area (Å²) in [5.74, 6) is 0.659. The van der Waals surface area contributed by atoms with Crippen LogP contribution in [-0.2, 0) is 17.8 Å². The van der Waals surface area contributed by atoms with E-state index in [0.29, 0.717) is 18.9 Å². The first-order chi connectivity index (χ1) is 11.7. The summed E-state index contributed by atoms with van der Waals surface area (Å²) in [5, 5.41) is 4.64. The van der Waals surface area contributed by atoms with Crippen molar-refractivity contribution in [3.8, 4) is 0 Å². The molecule has 0 bridgehead atoms. The van der Waals surface area contributed by atoms with Crippen LogP contribution in [0.1, 0.15) is 48.8 Å². The summed E-state index contributed by atoms with van der Waals surface area (Å²) in [6.07, 6.45) is 0.399. The zero-order valence-electron chi connectivity index (χ0n) is 16.7. The molecule has 1 aromatic heterocycles. The van der Waals surface area contributed by atoms with Gasteiger partial charge in [0.25, 0.3) is 0 Å². The molecule has 25 heavy (non-hydrogen) atoms. The molecule has 1 aromatic carbocycles. The largest absolute Gasteiger partial charge is 0.312 e. The number of amides is 1. The van der Waals surface area contributed by atoms with Gasteiger partial charge in [-0.25, -0.2) is 0 Å². The summed E-state index contributed by atoms with van der Waals surface area (Å²) in [6.45, 7) is 16.1. The van der Waals surface area contributed by atoms with Gasteiger partial charge >= 0.3 is 0 Å². The van der Waals surface area contributed by atoms with Gasteiger partial charge in [0.1, 0.15) is 0 Å². The Kier molecular flexibility index (Phi) is 6.04. The second kappa shape index (κ2) is 7.85. The number of anilines is 1. The van der Waals surface area contributed by atoms with Crippen molar-refractivity contribution < 1.29 is 4.79 Å². The molecule has 136 valence electrons. The summed E-state index contributed by atoms with van der Waals surface area (Å²) in [7, 11) is 0. The van der Waals surface area contributed by atoms with Gasteiger partial charge < -0.3 is 4.90 Å². The minimum absolute atomic E-state index is 0.128. The van der Waals surface area contributed by atoms with E-state index in [9.17, 15) is 4.79 Å². The third-order valence-corrected chi connectivity index (χ3v) is 4.53. The number of hydrogen-bond acceptors (Lipinski definition) is 2. The normalized spacial score (nSPS) is 11.2. The quantitative estimate of drug-likeness (QED) is 0.782. The third kappa shape index (κ3) is 4.50. The van der Waals surface area contributed by atoms with Crippen LogP contribution in [0, 0.1) is 33.6 Å². The van der Waals surface area contributed by atoms with Gasteiger partial charge in [-0.3, -0.25) is 9.48 Å². The van der Waals surface area contributed by atoms with E-state index in [1.165, 1.54) is 11.1 Å². The average Bonchev–Trinajstić information content (AvgIpc) is 2.74. The fourth-order valence-electron chi connectivity index (χ4n) is 3.37. The van der Waals surface area contributed by atoms with Gasteiger partial charge in [-0.2, -0.15) is 5.10 Å². The summed E-state index contributed by atoms with van der Waals surface area (Å²) >= 11 is 0. The first-order valence-corrected chi connectivity index (χ1v) is 9.14. The molecule has 0 aliphatic heterocycles. The minimum Gasteiger partial charge on any atom is -0.312 e. The Morgan fingerprint density at radius 1 is 1.12 bits per heavy atom. The molecular weight excluding hydrogens is 310 g/mol. The fourth-order valence-corrected chi connectivity index (χ4v) is 3.37. The molecule has 0 atom stereocenters. The number of carbonyl (C=O) groups is 1. The van der Waals surface area contributed by atoms with E-state index in [1.54, 1.807) is 0 Å². The Labute approximate surface area is 151 Å². The monoisotopic (exact) mass is 341 g/mol. The molecule has 4 nitrogen and oxygen atoms in total. The summed E-state index contributed by atoms with van der Waals surface area (Å²) in [6, 6.07) is 6.29. The summed E-state index contributed by atoms with van der Waals surface area (Å²) in [4.78, 5) is 14.9. The smallest absolute Gasteiger partial charge is 0.231 e. The van der Waals surface area contributed by atoms with Crippen LogP contribution in [0.25, 0.3) is 0 Å². The van der Waals surface area contributed by atoms with E-state index in [4.69, 9.17) is 0 Å². The lowest BCUT2D eigenvalue weighted by molar-refractivity contribution is -0.117. The van der Waals surface area contributed by atoms with Crippen LogP contribution < -0.4 is 4.90 Å². The zero-order valence-corrected chi connectivity index (χ0v) is 16.7. The Morgan fingerprint density at radius 2 is 1.72 bits per heavy atom. The molecule has 0 saturated heterocycles. The van der Waals surface area contributed by atoms with Crippen LogP contribution in [0.5, 0.6) is 0 Å². The third-order valence-electron chi connectivity index (χ3n) is 4.53. The standard InChI is InChI=1S/C21H31N3O/c1-8-23(19-10-15(4)9-16(5)11-19)21(25)12-20-17(6)22-24(18(20)7)13-14(2)3/h9-11,14H,8,12-13H2,1-7H3. The topological polar surface area (TPSA) is 38.1 Å². The van der Waals surface area contributed by atoms with E-state index in [1.807, 2.05) is 23.4 Å². The van der Waals surface area contributed by atoms with Gasteiger partial charge in [-0.15, -0.1) is 0 Å². The van der Waals surface area contributed by atoms with Crippen molar-refractivity contribution >= 4 is 11.6 Å². The molecule has 4 heteroatoms. The van der Waals surface area contributed by atoms with Crippen molar-refractivity contribution in [2.24, 2.45) is 5.92 Å². The molecule has 2 aromatic rings. The highest BCUT2D eigenvalue weighted by Crippen LogP contribution is 2.22. The predicted octanol–water partition coefficient (Wildman–Crippen LogP) is 4.37. The van der Waals surface area contributed by atoms with Crippen molar-refractivity contribution in [3.63, 3.8) is 0 Å². The maximum atomic E-state index is 13.0. The van der Waals surface area contributed by atoms with Crippen molar-refractivity contribution in [1.29, 1.82) is 0 Å². The second-order valence-electron chi connectivity index (χ2n) is 7.39. The number of likely N-dealkylation sites (N-methyl/N-ethyl adjacent to an activating group) is 1. The van der Waals surface area contributed by atoms with Crippen LogP contribution in [0.2, 0.25) is 0 Å². The Morgan fingerprint density at radius 3 is 2.24 bits per heavy atom. The molecular formula is C21H31N3O. The van der Waals surface area contributed by atoms with Crippen molar-refractivity contribution in [2.75, 3.05) is 11.4 Å². The molecule has 2 rings (SSSR count). The molecule has 1 heterocycles. The molecule has 0 fully saturated rings. The molecule has 1 amide bonds. The highest BCUT2D eigenvalue weighted by molar-refractivity contribution is 5.95. The lowest BCUT2D eigenvalue weighted by Crippen LogP contribution is -2.32. The molecule has 0 saturated carbocycles. The van der Waals surface area contributed by atoms with Gasteiger partial charge in [0.2, 0.25) is 5.91 Å². The first kappa shape index (κ1) is 19.2. The second-order valence-corrected chi connectivity index (χ2v) is 7.39. The van der Waals surface area contributed by atoms with Gasteiger partial charge in [-0.05, 0) is 63.8 Å². The van der Waals surface area contributed by atoms with E-state index in [0.717, 1.165) is 29.2 Å². The Hall–Kier alpha value is -2.10. The molecule has 0 aliphatic rings. The van der Waals surface area contributed by atoms with E-state index >= 15 is 0 Å². The Balaban J connectivity index is 2.27. The lowest BCUT2D eigenvalue weighted by atomic mass is 10.1. The van der Waals surface area contributed by atoms with Crippen LogP contribution in [0.15, 0.2) is 18.2 Å². The van der Waals surface area contributed by atoms with E-state index < -0.39 is 0 Å². The molecule has 0 N–H and O–H groups in total. The number of hydrogen-bond donors (Lipinski definition) is 0. The lowest BCUT2D eigenvalue weighted by Gasteiger charge is -2.22. The number of rotatable bonds is 6. The van der Waals surface area contributed by atoms with Gasteiger partial charge in [0, 0.05) is 30.0 Å². The molecule has 0 aliphatic carbocycles. The average molecular weight is 341 g/mol. The van der Waals surface area contributed by atoms with Crippen LogP contribution >= 0.6 is 0 Å². The van der Waals surface area contributed by atoms with Crippen LogP contribution in [-0.4, -0.2) is 22.2 Å².